The van der Waals surface area contributed by atoms with Crippen LogP contribution in [0, 0.1) is 12.3 Å². The summed E-state index contributed by atoms with van der Waals surface area (Å²) in [4.78, 5) is 6.53. The molecule has 3 nitrogen and oxygen atoms in total. The summed E-state index contributed by atoms with van der Waals surface area (Å²) >= 11 is 5.85. The highest BCUT2D eigenvalue weighted by Gasteiger charge is 2.18. The Morgan fingerprint density at radius 3 is 2.88 bits per heavy atom. The van der Waals surface area contributed by atoms with Crippen molar-refractivity contribution in [2.24, 2.45) is 0 Å². The van der Waals surface area contributed by atoms with Crippen LogP contribution in [0.3, 0.4) is 0 Å². The quantitative estimate of drug-likeness (QED) is 0.658. The minimum absolute atomic E-state index is 0.468. The van der Waals surface area contributed by atoms with Crippen LogP contribution in [0.4, 0.5) is 5.82 Å². The Hall–Kier alpha value is -1.24. The Morgan fingerprint density at radius 1 is 1.47 bits per heavy atom. The first-order chi connectivity index (χ1) is 8.28. The van der Waals surface area contributed by atoms with E-state index in [2.05, 4.69) is 21.1 Å². The zero-order valence-electron chi connectivity index (χ0n) is 9.69. The third kappa shape index (κ3) is 3.62. The molecule has 1 aliphatic rings. The number of likely N-dealkylation sites (tertiary alicyclic amines) is 1. The minimum atomic E-state index is 0.468. The van der Waals surface area contributed by atoms with Crippen LogP contribution < -0.4 is 5.32 Å². The number of anilines is 1. The van der Waals surface area contributed by atoms with E-state index in [0.29, 0.717) is 11.2 Å². The Kier molecular flexibility index (Phi) is 4.24. The highest BCUT2D eigenvalue weighted by molar-refractivity contribution is 6.29. The number of hydrogen-bond acceptors (Lipinski definition) is 3. The Labute approximate surface area is 107 Å². The molecular formula is C13H16ClN3. The van der Waals surface area contributed by atoms with Gasteiger partial charge in [0.15, 0.2) is 0 Å². The van der Waals surface area contributed by atoms with Crippen molar-refractivity contribution in [1.29, 1.82) is 0 Å². The molecule has 0 atom stereocenters. The Morgan fingerprint density at radius 2 is 2.24 bits per heavy atom. The Bertz CT molecular complexity index is 405. The molecule has 0 saturated carbocycles. The van der Waals surface area contributed by atoms with E-state index in [1.807, 2.05) is 12.1 Å². The van der Waals surface area contributed by atoms with E-state index in [-0.39, 0.29) is 0 Å². The molecule has 0 unspecified atom stereocenters. The van der Waals surface area contributed by atoms with Gasteiger partial charge in [0.2, 0.25) is 0 Å². The van der Waals surface area contributed by atoms with E-state index in [1.54, 1.807) is 6.07 Å². The molecule has 0 bridgehead atoms. The van der Waals surface area contributed by atoms with Gasteiger partial charge in [-0.3, -0.25) is 4.90 Å². The lowest BCUT2D eigenvalue weighted by atomic mass is 10.1. The second-order valence-corrected chi connectivity index (χ2v) is 4.63. The van der Waals surface area contributed by atoms with Crippen LogP contribution in [-0.2, 0) is 0 Å². The Balaban J connectivity index is 1.84. The van der Waals surface area contributed by atoms with Gasteiger partial charge in [-0.25, -0.2) is 4.98 Å². The second-order valence-electron chi connectivity index (χ2n) is 4.24. The number of nitrogens with one attached hydrogen (secondary N) is 1. The van der Waals surface area contributed by atoms with Gasteiger partial charge in [-0.1, -0.05) is 23.6 Å². The third-order valence-corrected chi connectivity index (χ3v) is 3.18. The number of rotatable bonds is 3. The van der Waals surface area contributed by atoms with Crippen molar-refractivity contribution < 1.29 is 0 Å². The molecule has 1 N–H and O–H groups in total. The molecule has 1 saturated heterocycles. The lowest BCUT2D eigenvalue weighted by molar-refractivity contribution is 0.243. The van der Waals surface area contributed by atoms with Gasteiger partial charge in [0, 0.05) is 19.1 Å². The molecule has 0 aliphatic carbocycles. The van der Waals surface area contributed by atoms with Crippen molar-refractivity contribution >= 4 is 17.4 Å². The van der Waals surface area contributed by atoms with E-state index >= 15 is 0 Å². The van der Waals surface area contributed by atoms with Crippen LogP contribution in [0.1, 0.15) is 12.8 Å². The number of terminal acetylenes is 1. The van der Waals surface area contributed by atoms with Crippen molar-refractivity contribution in [3.05, 3.63) is 23.4 Å². The first kappa shape index (κ1) is 12.2. The minimum Gasteiger partial charge on any atom is -0.367 e. The SMILES string of the molecule is C#CCN1CCC(Nc2cccc(Cl)n2)CC1. The zero-order chi connectivity index (χ0) is 12.1. The molecule has 0 spiro atoms. The smallest absolute Gasteiger partial charge is 0.131 e. The predicted molar refractivity (Wildman–Crippen MR) is 71.2 cm³/mol. The molecule has 17 heavy (non-hydrogen) atoms. The predicted octanol–water partition coefficient (Wildman–Crippen LogP) is 2.24. The lowest BCUT2D eigenvalue weighted by Crippen LogP contribution is -2.39. The molecule has 2 heterocycles. The highest BCUT2D eigenvalue weighted by atomic mass is 35.5. The van der Waals surface area contributed by atoms with E-state index < -0.39 is 0 Å². The van der Waals surface area contributed by atoms with Gasteiger partial charge >= 0.3 is 0 Å². The molecule has 1 aromatic heterocycles. The van der Waals surface area contributed by atoms with Gasteiger partial charge in [-0.15, -0.1) is 6.42 Å². The first-order valence-electron chi connectivity index (χ1n) is 5.83. The van der Waals surface area contributed by atoms with Crippen LogP contribution in [0.2, 0.25) is 5.15 Å². The van der Waals surface area contributed by atoms with Crippen molar-refractivity contribution in [2.75, 3.05) is 25.0 Å². The summed E-state index contributed by atoms with van der Waals surface area (Å²) in [7, 11) is 0. The molecule has 0 amide bonds. The summed E-state index contributed by atoms with van der Waals surface area (Å²) in [5, 5.41) is 3.94. The summed E-state index contributed by atoms with van der Waals surface area (Å²) in [6, 6.07) is 6.10. The number of nitrogens with zero attached hydrogens (tertiary/aromatic N) is 2. The number of pyridine rings is 1. The maximum absolute atomic E-state index is 5.85. The van der Waals surface area contributed by atoms with E-state index in [4.69, 9.17) is 18.0 Å². The summed E-state index contributed by atoms with van der Waals surface area (Å²) in [5.41, 5.74) is 0. The molecule has 0 aromatic carbocycles. The second kappa shape index (κ2) is 5.90. The van der Waals surface area contributed by atoms with Gasteiger partial charge in [-0.05, 0) is 25.0 Å². The summed E-state index contributed by atoms with van der Waals surface area (Å²) in [6.07, 6.45) is 7.49. The van der Waals surface area contributed by atoms with Crippen molar-refractivity contribution in [3.8, 4) is 12.3 Å². The van der Waals surface area contributed by atoms with Gasteiger partial charge < -0.3 is 5.32 Å². The van der Waals surface area contributed by atoms with E-state index in [9.17, 15) is 0 Å². The lowest BCUT2D eigenvalue weighted by Gasteiger charge is -2.31. The fourth-order valence-electron chi connectivity index (χ4n) is 2.06. The van der Waals surface area contributed by atoms with Crippen molar-refractivity contribution in [3.63, 3.8) is 0 Å². The average Bonchev–Trinajstić information content (AvgIpc) is 2.32. The maximum atomic E-state index is 5.85. The van der Waals surface area contributed by atoms with Crippen molar-refractivity contribution in [1.82, 2.24) is 9.88 Å². The number of halogens is 1. The zero-order valence-corrected chi connectivity index (χ0v) is 10.5. The summed E-state index contributed by atoms with van der Waals surface area (Å²) in [5.74, 6) is 3.54. The van der Waals surface area contributed by atoms with E-state index in [1.165, 1.54) is 0 Å². The largest absolute Gasteiger partial charge is 0.367 e. The van der Waals surface area contributed by atoms with Crippen LogP contribution in [0.25, 0.3) is 0 Å². The molecule has 1 aliphatic heterocycles. The van der Waals surface area contributed by atoms with Gasteiger partial charge in [0.1, 0.15) is 11.0 Å². The van der Waals surface area contributed by atoms with Gasteiger partial charge in [0.25, 0.3) is 0 Å². The molecular weight excluding hydrogens is 234 g/mol. The van der Waals surface area contributed by atoms with Crippen LogP contribution >= 0.6 is 11.6 Å². The van der Waals surface area contributed by atoms with E-state index in [0.717, 1.165) is 38.3 Å². The maximum Gasteiger partial charge on any atom is 0.131 e. The van der Waals surface area contributed by atoms with Gasteiger partial charge in [0.05, 0.1) is 6.54 Å². The van der Waals surface area contributed by atoms with Crippen LogP contribution in [0.5, 0.6) is 0 Å². The molecule has 0 radical (unpaired) electrons. The van der Waals surface area contributed by atoms with Crippen LogP contribution in [0.15, 0.2) is 18.2 Å². The summed E-state index contributed by atoms with van der Waals surface area (Å²) < 4.78 is 0. The molecule has 1 aromatic rings. The number of aromatic nitrogens is 1. The van der Waals surface area contributed by atoms with Crippen molar-refractivity contribution in [2.45, 2.75) is 18.9 Å². The highest BCUT2D eigenvalue weighted by Crippen LogP contribution is 2.16. The molecule has 90 valence electrons. The number of piperidine rings is 1. The topological polar surface area (TPSA) is 28.2 Å². The first-order valence-corrected chi connectivity index (χ1v) is 6.20. The average molecular weight is 250 g/mol. The number of hydrogen-bond donors (Lipinski definition) is 1. The standard InChI is InChI=1S/C13H16ClN3/c1-2-8-17-9-6-11(7-10-17)15-13-5-3-4-12(14)16-13/h1,3-5,11H,6-10H2,(H,15,16). The fraction of sp³-hybridized carbons (Fsp3) is 0.462. The third-order valence-electron chi connectivity index (χ3n) is 2.97. The monoisotopic (exact) mass is 249 g/mol. The fourth-order valence-corrected chi connectivity index (χ4v) is 2.23. The normalized spacial score (nSPS) is 17.6. The van der Waals surface area contributed by atoms with Crippen LogP contribution in [-0.4, -0.2) is 35.6 Å². The molecule has 2 rings (SSSR count). The van der Waals surface area contributed by atoms with Gasteiger partial charge in [-0.2, -0.15) is 0 Å². The molecule has 1 fully saturated rings. The summed E-state index contributed by atoms with van der Waals surface area (Å²) in [6.45, 7) is 2.84. The molecule has 4 heteroatoms.